The number of hydrogen-bond acceptors (Lipinski definition) is 6. The fourth-order valence-electron chi connectivity index (χ4n) is 2.11. The molecule has 1 heterocycles. The maximum Gasteiger partial charge on any atom is 0.344 e. The Bertz CT molecular complexity index is 667. The molecule has 9 heteroatoms. The Kier molecular flexibility index (Phi) is 5.80. The molecule has 1 aliphatic heterocycles. The standard InChI is InChI=1S/C14H21N3O5S/c1-3-20-8-10(9-21-4-2)22-12-7-5-6-11-13(12)14(15)17-23(18,19)16-11/h5-7,10,16H,3-4,8-9H2,1-2H3,(H2,15,17). The van der Waals surface area contributed by atoms with E-state index in [1.54, 1.807) is 18.2 Å². The molecule has 1 aromatic rings. The zero-order valence-electron chi connectivity index (χ0n) is 13.1. The first-order chi connectivity index (χ1) is 11.0. The largest absolute Gasteiger partial charge is 0.485 e. The number of rotatable bonds is 8. The molecule has 0 radical (unpaired) electrons. The predicted octanol–water partition coefficient (Wildman–Crippen LogP) is 0.883. The van der Waals surface area contributed by atoms with Crippen molar-refractivity contribution in [3.05, 3.63) is 23.8 Å². The third-order valence-electron chi connectivity index (χ3n) is 3.05. The Balaban J connectivity index is 2.26. The van der Waals surface area contributed by atoms with Gasteiger partial charge in [-0.25, -0.2) is 0 Å². The molecule has 0 unspecified atom stereocenters. The van der Waals surface area contributed by atoms with E-state index < -0.39 is 10.2 Å². The van der Waals surface area contributed by atoms with Crippen molar-refractivity contribution in [2.45, 2.75) is 20.0 Å². The quantitative estimate of drug-likeness (QED) is 0.725. The molecule has 23 heavy (non-hydrogen) atoms. The van der Waals surface area contributed by atoms with E-state index in [0.29, 0.717) is 43.4 Å². The van der Waals surface area contributed by atoms with Crippen LogP contribution in [0.2, 0.25) is 0 Å². The second kappa shape index (κ2) is 7.62. The lowest BCUT2D eigenvalue weighted by molar-refractivity contribution is -0.000300. The number of nitrogens with zero attached hydrogens (tertiary/aromatic N) is 1. The van der Waals surface area contributed by atoms with Gasteiger partial charge in [-0.05, 0) is 26.0 Å². The summed E-state index contributed by atoms with van der Waals surface area (Å²) in [4.78, 5) is 0. The topological polar surface area (TPSA) is 112 Å². The van der Waals surface area contributed by atoms with Gasteiger partial charge in [-0.3, -0.25) is 4.72 Å². The molecule has 0 atom stereocenters. The number of anilines is 1. The lowest BCUT2D eigenvalue weighted by Gasteiger charge is -2.23. The number of amidine groups is 1. The van der Waals surface area contributed by atoms with Gasteiger partial charge in [0.15, 0.2) is 5.84 Å². The molecular weight excluding hydrogens is 322 g/mol. The first-order valence-corrected chi connectivity index (χ1v) is 8.74. The molecule has 0 amide bonds. The van der Waals surface area contributed by atoms with Crippen LogP contribution in [0.4, 0.5) is 5.69 Å². The summed E-state index contributed by atoms with van der Waals surface area (Å²) in [5, 5.41) is 0. The van der Waals surface area contributed by atoms with Crippen LogP contribution in [0.5, 0.6) is 5.75 Å². The SMILES string of the molecule is CCOCC(COCC)Oc1cccc2c1C(N)=NS(=O)(=O)N2. The highest BCUT2D eigenvalue weighted by molar-refractivity contribution is 7.91. The van der Waals surface area contributed by atoms with Crippen molar-refractivity contribution in [3.8, 4) is 5.75 Å². The van der Waals surface area contributed by atoms with Gasteiger partial charge in [0.05, 0.1) is 24.5 Å². The van der Waals surface area contributed by atoms with Crippen LogP contribution >= 0.6 is 0 Å². The summed E-state index contributed by atoms with van der Waals surface area (Å²) in [5.41, 5.74) is 6.54. The molecule has 0 fully saturated rings. The minimum absolute atomic E-state index is 0.110. The van der Waals surface area contributed by atoms with E-state index >= 15 is 0 Å². The molecule has 3 N–H and O–H groups in total. The van der Waals surface area contributed by atoms with Crippen LogP contribution in [0.3, 0.4) is 0 Å². The van der Waals surface area contributed by atoms with Crippen molar-refractivity contribution in [1.29, 1.82) is 0 Å². The first-order valence-electron chi connectivity index (χ1n) is 7.30. The maximum atomic E-state index is 11.6. The summed E-state index contributed by atoms with van der Waals surface area (Å²) < 4.78 is 45.6. The molecule has 0 bridgehead atoms. The highest BCUT2D eigenvalue weighted by Crippen LogP contribution is 2.31. The van der Waals surface area contributed by atoms with E-state index in [2.05, 4.69) is 9.12 Å². The van der Waals surface area contributed by atoms with E-state index in [-0.39, 0.29) is 11.9 Å². The number of nitrogens with two attached hydrogens (primary N) is 1. The van der Waals surface area contributed by atoms with Crippen molar-refractivity contribution in [2.24, 2.45) is 10.1 Å². The normalized spacial score (nSPS) is 15.7. The summed E-state index contributed by atoms with van der Waals surface area (Å²) in [7, 11) is -3.81. The highest BCUT2D eigenvalue weighted by Gasteiger charge is 2.25. The van der Waals surface area contributed by atoms with E-state index in [1.807, 2.05) is 13.8 Å². The van der Waals surface area contributed by atoms with Crippen molar-refractivity contribution in [3.63, 3.8) is 0 Å². The van der Waals surface area contributed by atoms with Gasteiger partial charge in [0.1, 0.15) is 11.9 Å². The fourth-order valence-corrected chi connectivity index (χ4v) is 2.95. The van der Waals surface area contributed by atoms with E-state index in [0.717, 1.165) is 0 Å². The smallest absolute Gasteiger partial charge is 0.344 e. The summed E-state index contributed by atoms with van der Waals surface area (Å²) >= 11 is 0. The van der Waals surface area contributed by atoms with Gasteiger partial charge in [-0.15, -0.1) is 4.40 Å². The molecule has 128 valence electrons. The minimum Gasteiger partial charge on any atom is -0.485 e. The van der Waals surface area contributed by atoms with Crippen LogP contribution in [0.15, 0.2) is 22.6 Å². The highest BCUT2D eigenvalue weighted by atomic mass is 32.2. The molecule has 0 aliphatic carbocycles. The molecule has 8 nitrogen and oxygen atoms in total. The van der Waals surface area contributed by atoms with Gasteiger partial charge in [-0.2, -0.15) is 8.42 Å². The Morgan fingerprint density at radius 3 is 2.48 bits per heavy atom. The van der Waals surface area contributed by atoms with Crippen molar-refractivity contribution < 1.29 is 22.6 Å². The first kappa shape index (κ1) is 17.5. The van der Waals surface area contributed by atoms with E-state index in [4.69, 9.17) is 19.9 Å². The second-order valence-corrected chi connectivity index (χ2v) is 6.13. The minimum atomic E-state index is -3.81. The Hall–Kier alpha value is -1.84. The van der Waals surface area contributed by atoms with Gasteiger partial charge >= 0.3 is 10.2 Å². The summed E-state index contributed by atoms with van der Waals surface area (Å²) in [5.74, 6) is 0.316. The average Bonchev–Trinajstić information content (AvgIpc) is 2.48. The molecular formula is C14H21N3O5S. The molecule has 0 aromatic heterocycles. The average molecular weight is 343 g/mol. The Morgan fingerprint density at radius 1 is 1.22 bits per heavy atom. The van der Waals surface area contributed by atoms with Crippen LogP contribution < -0.4 is 15.2 Å². The molecule has 0 saturated heterocycles. The third-order valence-corrected chi connectivity index (χ3v) is 3.96. The van der Waals surface area contributed by atoms with Gasteiger partial charge in [-0.1, -0.05) is 6.07 Å². The number of nitrogens with one attached hydrogen (secondary N) is 1. The number of fused-ring (bicyclic) bond motifs is 1. The van der Waals surface area contributed by atoms with Gasteiger partial charge in [0.25, 0.3) is 0 Å². The predicted molar refractivity (Wildman–Crippen MR) is 87.1 cm³/mol. The number of benzene rings is 1. The van der Waals surface area contributed by atoms with Crippen LogP contribution in [0, 0.1) is 0 Å². The van der Waals surface area contributed by atoms with Crippen LogP contribution in [-0.4, -0.2) is 46.8 Å². The van der Waals surface area contributed by atoms with Crippen molar-refractivity contribution in [2.75, 3.05) is 31.1 Å². The Labute approximate surface area is 135 Å². The number of hydrogen-bond donors (Lipinski definition) is 2. The van der Waals surface area contributed by atoms with E-state index in [9.17, 15) is 8.42 Å². The monoisotopic (exact) mass is 343 g/mol. The van der Waals surface area contributed by atoms with Gasteiger partial charge < -0.3 is 19.9 Å². The Morgan fingerprint density at radius 2 is 1.87 bits per heavy atom. The maximum absolute atomic E-state index is 11.6. The zero-order chi connectivity index (χ0) is 16.9. The van der Waals surface area contributed by atoms with Crippen LogP contribution in [0.25, 0.3) is 0 Å². The van der Waals surface area contributed by atoms with Crippen LogP contribution in [-0.2, 0) is 19.7 Å². The lowest BCUT2D eigenvalue weighted by Crippen LogP contribution is -2.31. The summed E-state index contributed by atoms with van der Waals surface area (Å²) in [6.45, 7) is 5.60. The van der Waals surface area contributed by atoms with Crippen LogP contribution in [0.1, 0.15) is 19.4 Å². The molecule has 0 saturated carbocycles. The van der Waals surface area contributed by atoms with Crippen molar-refractivity contribution >= 4 is 21.7 Å². The fraction of sp³-hybridized carbons (Fsp3) is 0.500. The molecule has 2 rings (SSSR count). The molecule has 1 aromatic carbocycles. The second-order valence-electron chi connectivity index (χ2n) is 4.79. The lowest BCUT2D eigenvalue weighted by atomic mass is 10.1. The summed E-state index contributed by atoms with van der Waals surface area (Å²) in [6, 6.07) is 4.97. The third kappa shape index (κ3) is 4.57. The molecule has 1 aliphatic rings. The van der Waals surface area contributed by atoms with Gasteiger partial charge in [0.2, 0.25) is 0 Å². The van der Waals surface area contributed by atoms with Crippen molar-refractivity contribution in [1.82, 2.24) is 0 Å². The molecule has 0 spiro atoms. The zero-order valence-corrected chi connectivity index (χ0v) is 13.9. The van der Waals surface area contributed by atoms with Gasteiger partial charge in [0, 0.05) is 13.2 Å². The van der Waals surface area contributed by atoms with E-state index in [1.165, 1.54) is 0 Å². The number of ether oxygens (including phenoxy) is 3. The summed E-state index contributed by atoms with van der Waals surface area (Å²) in [6.07, 6.45) is -0.340.